The second kappa shape index (κ2) is 9.79. The van der Waals surface area contributed by atoms with Gasteiger partial charge in [0.1, 0.15) is 11.8 Å². The second-order valence-corrected chi connectivity index (χ2v) is 10.0. The molecular weight excluding hydrogens is 492 g/mol. The molecular formula is C23H24N4O8S. The van der Waals surface area contributed by atoms with Crippen LogP contribution in [0.1, 0.15) is 16.1 Å². The van der Waals surface area contributed by atoms with Gasteiger partial charge in [-0.3, -0.25) is 9.59 Å². The van der Waals surface area contributed by atoms with Crippen LogP contribution < -0.4 is 11.1 Å². The number of carbonyl (C=O) groups excluding carboxylic acids is 2. The van der Waals surface area contributed by atoms with Crippen LogP contribution in [0.5, 0.6) is 17.2 Å². The minimum atomic E-state index is -4.14. The first-order chi connectivity index (χ1) is 17.1. The predicted molar refractivity (Wildman–Crippen MR) is 126 cm³/mol. The van der Waals surface area contributed by atoms with Crippen molar-refractivity contribution in [2.24, 2.45) is 0 Å². The maximum atomic E-state index is 13.4. The number of anilines is 1. The Balaban J connectivity index is 1.62. The summed E-state index contributed by atoms with van der Waals surface area (Å²) in [4.78, 5) is 27.4. The lowest BCUT2D eigenvalue weighted by molar-refractivity contribution is -0.126. The summed E-state index contributed by atoms with van der Waals surface area (Å²) >= 11 is 0. The van der Waals surface area contributed by atoms with Gasteiger partial charge in [0.15, 0.2) is 17.2 Å². The summed E-state index contributed by atoms with van der Waals surface area (Å²) in [5.74, 6) is -3.05. The molecule has 1 aliphatic heterocycles. The third kappa shape index (κ3) is 4.92. The Kier molecular flexibility index (Phi) is 6.77. The van der Waals surface area contributed by atoms with E-state index in [4.69, 9.17) is 10.2 Å². The highest BCUT2D eigenvalue weighted by molar-refractivity contribution is 7.89. The van der Waals surface area contributed by atoms with Gasteiger partial charge in [0.25, 0.3) is 5.91 Å². The van der Waals surface area contributed by atoms with E-state index in [9.17, 15) is 33.3 Å². The molecule has 0 radical (unpaired) electrons. The molecule has 1 aliphatic rings. The number of nitrogens with two attached hydrogens (primary N) is 1. The number of nitrogens with zero attached hydrogens (tertiary/aromatic N) is 2. The van der Waals surface area contributed by atoms with Crippen molar-refractivity contribution in [1.82, 2.24) is 14.5 Å². The molecule has 12 nitrogen and oxygen atoms in total. The van der Waals surface area contributed by atoms with E-state index in [1.807, 2.05) is 0 Å². The minimum Gasteiger partial charge on any atom is -0.504 e. The maximum Gasteiger partial charge on any atom is 0.254 e. The Bertz CT molecular complexity index is 1350. The molecule has 2 amide bonds. The number of phenolic OH excluding ortho intramolecular Hbond substituents is 3. The average molecular weight is 517 g/mol. The number of hydrogen-bond donors (Lipinski definition) is 5. The molecule has 2 aromatic carbocycles. The number of sulfonamides is 1. The third-order valence-electron chi connectivity index (χ3n) is 5.74. The molecule has 0 saturated carbocycles. The number of benzene rings is 2. The van der Waals surface area contributed by atoms with E-state index < -0.39 is 45.1 Å². The number of carbonyl (C=O) groups is 2. The van der Waals surface area contributed by atoms with Crippen LogP contribution in [-0.2, 0) is 21.4 Å². The van der Waals surface area contributed by atoms with Gasteiger partial charge in [-0.2, -0.15) is 4.31 Å². The van der Waals surface area contributed by atoms with Gasteiger partial charge in [-0.05, 0) is 48.5 Å². The molecule has 36 heavy (non-hydrogen) atoms. The van der Waals surface area contributed by atoms with Crippen LogP contribution in [0.25, 0.3) is 0 Å². The van der Waals surface area contributed by atoms with E-state index in [1.54, 1.807) is 12.1 Å². The highest BCUT2D eigenvalue weighted by atomic mass is 32.2. The van der Waals surface area contributed by atoms with Crippen LogP contribution >= 0.6 is 0 Å². The average Bonchev–Trinajstić information content (AvgIpc) is 3.38. The zero-order valence-corrected chi connectivity index (χ0v) is 19.7. The Morgan fingerprint density at radius 3 is 2.33 bits per heavy atom. The number of piperazine rings is 1. The van der Waals surface area contributed by atoms with Crippen molar-refractivity contribution in [3.8, 4) is 17.2 Å². The fourth-order valence-electron chi connectivity index (χ4n) is 3.84. The molecule has 6 N–H and O–H groups in total. The quantitative estimate of drug-likeness (QED) is 0.233. The summed E-state index contributed by atoms with van der Waals surface area (Å²) in [7, 11) is -4.14. The van der Waals surface area contributed by atoms with Crippen molar-refractivity contribution in [2.75, 3.05) is 25.4 Å². The van der Waals surface area contributed by atoms with Crippen LogP contribution in [0, 0.1) is 0 Å². The number of phenols is 3. The summed E-state index contributed by atoms with van der Waals surface area (Å²) in [5.41, 5.74) is 5.90. The largest absolute Gasteiger partial charge is 0.504 e. The Morgan fingerprint density at radius 1 is 1.06 bits per heavy atom. The topological polar surface area (TPSA) is 187 Å². The monoisotopic (exact) mass is 516 g/mol. The molecule has 0 bridgehead atoms. The van der Waals surface area contributed by atoms with Gasteiger partial charge in [-0.15, -0.1) is 0 Å². The zero-order chi connectivity index (χ0) is 26.0. The van der Waals surface area contributed by atoms with Gasteiger partial charge in [-0.1, -0.05) is 0 Å². The second-order valence-electron chi connectivity index (χ2n) is 8.11. The summed E-state index contributed by atoms with van der Waals surface area (Å²) < 4.78 is 33.0. The first kappa shape index (κ1) is 24.9. The first-order valence-corrected chi connectivity index (χ1v) is 12.2. The number of rotatable bonds is 6. The van der Waals surface area contributed by atoms with Crippen LogP contribution in [0.4, 0.5) is 5.69 Å². The molecule has 1 aromatic heterocycles. The van der Waals surface area contributed by atoms with Crippen molar-refractivity contribution in [3.63, 3.8) is 0 Å². The van der Waals surface area contributed by atoms with Crippen LogP contribution in [0.2, 0.25) is 0 Å². The Hall–Kier alpha value is -4.23. The van der Waals surface area contributed by atoms with Crippen LogP contribution in [0.3, 0.4) is 0 Å². The first-order valence-electron chi connectivity index (χ1n) is 10.8. The van der Waals surface area contributed by atoms with Crippen molar-refractivity contribution < 1.29 is 37.7 Å². The van der Waals surface area contributed by atoms with Gasteiger partial charge >= 0.3 is 0 Å². The third-order valence-corrected chi connectivity index (χ3v) is 7.66. The highest BCUT2D eigenvalue weighted by Crippen LogP contribution is 2.36. The van der Waals surface area contributed by atoms with Crippen molar-refractivity contribution >= 4 is 27.5 Å². The van der Waals surface area contributed by atoms with Gasteiger partial charge in [0.05, 0.1) is 17.7 Å². The number of nitrogen functional groups attached to an aromatic ring is 1. The predicted octanol–water partition coefficient (Wildman–Crippen LogP) is 0.810. The van der Waals surface area contributed by atoms with E-state index in [0.29, 0.717) is 11.4 Å². The number of furan rings is 1. The number of amides is 2. The summed E-state index contributed by atoms with van der Waals surface area (Å²) in [6.07, 6.45) is 1.43. The molecule has 13 heteroatoms. The lowest BCUT2D eigenvalue weighted by Gasteiger charge is -2.39. The molecule has 4 rings (SSSR count). The van der Waals surface area contributed by atoms with Gasteiger partial charge in [-0.25, -0.2) is 8.42 Å². The molecule has 0 spiro atoms. The molecule has 0 aliphatic carbocycles. The summed E-state index contributed by atoms with van der Waals surface area (Å²) in [6, 6.07) is 9.47. The molecule has 1 atom stereocenters. The molecule has 2 heterocycles. The Morgan fingerprint density at radius 2 is 1.72 bits per heavy atom. The number of aromatic hydroxyl groups is 3. The fraction of sp³-hybridized carbons (Fsp3) is 0.217. The molecule has 3 aromatic rings. The standard InChI is InChI=1S/C23H24N4O8S/c24-15-3-5-17(6-4-15)36(33,34)27-8-7-26(23(32)14-10-19(28)21(30)20(29)11-14)13-18(27)22(31)25-12-16-2-1-9-35-16/h1-6,9-11,18,28-30H,7-8,12-13,24H2,(H,25,31). The zero-order valence-electron chi connectivity index (χ0n) is 18.9. The highest BCUT2D eigenvalue weighted by Gasteiger charge is 2.41. The fourth-order valence-corrected chi connectivity index (χ4v) is 5.41. The molecule has 1 saturated heterocycles. The van der Waals surface area contributed by atoms with Crippen molar-refractivity contribution in [2.45, 2.75) is 17.5 Å². The van der Waals surface area contributed by atoms with Crippen LogP contribution in [-0.4, -0.2) is 70.4 Å². The lowest BCUT2D eigenvalue weighted by Crippen LogP contribution is -2.61. The molecule has 1 unspecified atom stereocenters. The van der Waals surface area contributed by atoms with E-state index >= 15 is 0 Å². The molecule has 190 valence electrons. The number of hydrogen-bond acceptors (Lipinski definition) is 9. The van der Waals surface area contributed by atoms with Gasteiger partial charge in [0.2, 0.25) is 15.9 Å². The van der Waals surface area contributed by atoms with E-state index in [-0.39, 0.29) is 36.6 Å². The number of nitrogens with one attached hydrogen (secondary N) is 1. The van der Waals surface area contributed by atoms with Crippen molar-refractivity contribution in [1.29, 1.82) is 0 Å². The van der Waals surface area contributed by atoms with E-state index in [1.165, 1.54) is 35.4 Å². The summed E-state index contributed by atoms with van der Waals surface area (Å²) in [6.45, 7) is -0.574. The van der Waals surface area contributed by atoms with Crippen LogP contribution in [0.15, 0.2) is 64.1 Å². The van der Waals surface area contributed by atoms with Gasteiger partial charge in [0, 0.05) is 30.9 Å². The summed E-state index contributed by atoms with van der Waals surface area (Å²) in [5, 5.41) is 31.7. The smallest absolute Gasteiger partial charge is 0.254 e. The van der Waals surface area contributed by atoms with Gasteiger partial charge < -0.3 is 35.7 Å². The van der Waals surface area contributed by atoms with E-state index in [0.717, 1.165) is 16.4 Å². The Labute approximate surface area is 206 Å². The SMILES string of the molecule is Nc1ccc(S(=O)(=O)N2CCN(C(=O)c3cc(O)c(O)c(O)c3)CC2C(=O)NCc2ccco2)cc1. The molecule has 1 fully saturated rings. The normalized spacial score (nSPS) is 16.6. The van der Waals surface area contributed by atoms with Crippen molar-refractivity contribution in [3.05, 3.63) is 66.1 Å². The van der Waals surface area contributed by atoms with E-state index in [2.05, 4.69) is 5.32 Å². The maximum absolute atomic E-state index is 13.4. The minimum absolute atomic E-state index is 0.00570. The lowest BCUT2D eigenvalue weighted by atomic mass is 10.1.